The van der Waals surface area contributed by atoms with E-state index >= 15 is 0 Å². The molecular weight excluding hydrogens is 312 g/mol. The molecular formula is C22H32O3. The number of carbonyl (C=O) groups is 1. The van der Waals surface area contributed by atoms with Gasteiger partial charge in [0, 0.05) is 6.61 Å². The molecule has 1 aromatic rings. The highest BCUT2D eigenvalue weighted by molar-refractivity contribution is 5.94. The molecule has 1 atom stereocenters. The molecule has 0 spiro atoms. The lowest BCUT2D eigenvalue weighted by Gasteiger charge is -2.26. The van der Waals surface area contributed by atoms with Crippen molar-refractivity contribution in [1.29, 1.82) is 0 Å². The maximum atomic E-state index is 12.3. The highest BCUT2D eigenvalue weighted by Gasteiger charge is 2.27. The summed E-state index contributed by atoms with van der Waals surface area (Å²) in [5, 5.41) is 0. The highest BCUT2D eigenvalue weighted by Crippen LogP contribution is 2.32. The molecule has 0 radical (unpaired) electrons. The number of esters is 1. The molecule has 3 heteroatoms. The summed E-state index contributed by atoms with van der Waals surface area (Å²) in [6.45, 7) is 14.0. The highest BCUT2D eigenvalue weighted by atomic mass is 16.5. The van der Waals surface area contributed by atoms with Crippen LogP contribution >= 0.6 is 0 Å². The van der Waals surface area contributed by atoms with E-state index in [1.54, 1.807) is 0 Å². The molecule has 0 N–H and O–H groups in total. The van der Waals surface area contributed by atoms with Gasteiger partial charge < -0.3 is 9.47 Å². The monoisotopic (exact) mass is 344 g/mol. The Hall–Kier alpha value is -1.61. The first-order valence-electron chi connectivity index (χ1n) is 9.10. The van der Waals surface area contributed by atoms with E-state index in [1.165, 1.54) is 18.2 Å². The fourth-order valence-electron chi connectivity index (χ4n) is 3.00. The third-order valence-corrected chi connectivity index (χ3v) is 4.71. The Morgan fingerprint density at radius 1 is 1.08 bits per heavy atom. The van der Waals surface area contributed by atoms with Crippen molar-refractivity contribution >= 4 is 12.0 Å². The van der Waals surface area contributed by atoms with Crippen molar-refractivity contribution < 1.29 is 14.3 Å². The zero-order valence-corrected chi connectivity index (χ0v) is 16.7. The third-order valence-electron chi connectivity index (χ3n) is 4.71. The lowest BCUT2D eigenvalue weighted by molar-refractivity contribution is -0.137. The molecule has 3 nitrogen and oxygen atoms in total. The molecule has 0 aromatic heterocycles. The van der Waals surface area contributed by atoms with Crippen LogP contribution in [0.1, 0.15) is 71.1 Å². The second-order valence-electron chi connectivity index (χ2n) is 8.94. The second kappa shape index (κ2) is 7.33. The number of rotatable bonds is 3. The SMILES string of the molecule is COC(=O)C(=Cc1cc(C(C)(C)C)cc(C(C)(C)C)c1)C1CCCO1. The van der Waals surface area contributed by atoms with Gasteiger partial charge in [-0.15, -0.1) is 0 Å². The number of methoxy groups -OCH3 is 1. The Morgan fingerprint density at radius 2 is 1.64 bits per heavy atom. The molecule has 25 heavy (non-hydrogen) atoms. The number of hydrogen-bond donors (Lipinski definition) is 0. The van der Waals surface area contributed by atoms with Crippen molar-refractivity contribution in [3.63, 3.8) is 0 Å². The van der Waals surface area contributed by atoms with Crippen molar-refractivity contribution in [2.24, 2.45) is 0 Å². The lowest BCUT2D eigenvalue weighted by Crippen LogP contribution is -2.19. The standard InChI is InChI=1S/C22H32O3/c1-21(2,3)16-11-15(12-17(14-16)22(4,5)6)13-18(20(23)24-7)19-9-8-10-25-19/h11-14,19H,8-10H2,1-7H3. The normalized spacial score (nSPS) is 19.2. The minimum Gasteiger partial charge on any atom is -0.466 e. The molecule has 1 saturated heterocycles. The molecule has 0 bridgehead atoms. The molecule has 0 amide bonds. The molecule has 1 aromatic carbocycles. The minimum absolute atomic E-state index is 0.0408. The smallest absolute Gasteiger partial charge is 0.336 e. The van der Waals surface area contributed by atoms with E-state index in [-0.39, 0.29) is 22.9 Å². The first kappa shape index (κ1) is 19.7. The quantitative estimate of drug-likeness (QED) is 0.571. The third kappa shape index (κ3) is 4.94. The molecule has 1 aliphatic rings. The zero-order chi connectivity index (χ0) is 18.8. The lowest BCUT2D eigenvalue weighted by atomic mass is 9.79. The summed E-state index contributed by atoms with van der Waals surface area (Å²) in [5.41, 5.74) is 4.27. The average Bonchev–Trinajstić information content (AvgIpc) is 3.04. The summed E-state index contributed by atoms with van der Waals surface area (Å²) in [7, 11) is 1.43. The Balaban J connectivity index is 2.56. The van der Waals surface area contributed by atoms with Crippen molar-refractivity contribution in [2.45, 2.75) is 71.3 Å². The van der Waals surface area contributed by atoms with Crippen LogP contribution in [0.4, 0.5) is 0 Å². The first-order chi connectivity index (χ1) is 11.5. The largest absolute Gasteiger partial charge is 0.466 e. The van der Waals surface area contributed by atoms with Crippen LogP contribution in [0, 0.1) is 0 Å². The summed E-state index contributed by atoms with van der Waals surface area (Å²) in [6, 6.07) is 6.63. The molecule has 0 aliphatic carbocycles. The molecule has 1 fully saturated rings. The van der Waals surface area contributed by atoms with Crippen LogP contribution in [-0.4, -0.2) is 25.8 Å². The maximum Gasteiger partial charge on any atom is 0.336 e. The van der Waals surface area contributed by atoms with Gasteiger partial charge in [-0.1, -0.05) is 59.7 Å². The summed E-state index contributed by atoms with van der Waals surface area (Å²) < 4.78 is 10.7. The first-order valence-corrected chi connectivity index (χ1v) is 9.10. The van der Waals surface area contributed by atoms with Crippen molar-refractivity contribution in [1.82, 2.24) is 0 Å². The van der Waals surface area contributed by atoms with Gasteiger partial charge in [0.1, 0.15) is 0 Å². The van der Waals surface area contributed by atoms with E-state index in [0.29, 0.717) is 12.2 Å². The van der Waals surface area contributed by atoms with Gasteiger partial charge in [0.15, 0.2) is 0 Å². The number of benzene rings is 1. The Bertz CT molecular complexity index is 619. The Kier molecular flexibility index (Phi) is 5.78. The van der Waals surface area contributed by atoms with E-state index in [1.807, 2.05) is 6.08 Å². The van der Waals surface area contributed by atoms with Crippen molar-refractivity contribution in [3.05, 3.63) is 40.5 Å². The topological polar surface area (TPSA) is 35.5 Å². The van der Waals surface area contributed by atoms with Gasteiger partial charge in [-0.3, -0.25) is 0 Å². The number of carbonyl (C=O) groups excluding carboxylic acids is 1. The summed E-state index contributed by atoms with van der Waals surface area (Å²) in [6.07, 6.45) is 3.64. The van der Waals surface area contributed by atoms with Gasteiger partial charge in [0.2, 0.25) is 0 Å². The van der Waals surface area contributed by atoms with Gasteiger partial charge in [-0.2, -0.15) is 0 Å². The number of ether oxygens (including phenoxy) is 2. The van der Waals surface area contributed by atoms with Crippen LogP contribution in [-0.2, 0) is 25.1 Å². The average molecular weight is 344 g/mol. The predicted octanol–water partition coefficient (Wildman–Crippen LogP) is 5.02. The molecule has 1 aliphatic heterocycles. The Morgan fingerprint density at radius 3 is 2.04 bits per heavy atom. The maximum absolute atomic E-state index is 12.3. The fourth-order valence-corrected chi connectivity index (χ4v) is 3.00. The zero-order valence-electron chi connectivity index (χ0n) is 16.7. The Labute approximate surface area is 152 Å². The van der Waals surface area contributed by atoms with Crippen molar-refractivity contribution in [2.75, 3.05) is 13.7 Å². The van der Waals surface area contributed by atoms with Crippen LogP contribution in [0.3, 0.4) is 0 Å². The summed E-state index contributed by atoms with van der Waals surface area (Å²) in [5.74, 6) is -0.301. The van der Waals surface area contributed by atoms with E-state index < -0.39 is 0 Å². The van der Waals surface area contributed by atoms with Gasteiger partial charge in [0.25, 0.3) is 0 Å². The van der Waals surface area contributed by atoms with Crippen molar-refractivity contribution in [3.8, 4) is 0 Å². The van der Waals surface area contributed by atoms with E-state index in [4.69, 9.17) is 9.47 Å². The molecule has 1 unspecified atom stereocenters. The van der Waals surface area contributed by atoms with Crippen LogP contribution in [0.15, 0.2) is 23.8 Å². The van der Waals surface area contributed by atoms with Gasteiger partial charge in [-0.25, -0.2) is 4.79 Å². The van der Waals surface area contributed by atoms with Crippen LogP contribution in [0.25, 0.3) is 6.08 Å². The van der Waals surface area contributed by atoms with E-state index in [9.17, 15) is 4.79 Å². The molecule has 0 saturated carbocycles. The molecule has 1 heterocycles. The van der Waals surface area contributed by atoms with Gasteiger partial charge in [0.05, 0.1) is 18.8 Å². The summed E-state index contributed by atoms with van der Waals surface area (Å²) in [4.78, 5) is 12.3. The van der Waals surface area contributed by atoms with Gasteiger partial charge in [-0.05, 0) is 46.4 Å². The molecule has 138 valence electrons. The van der Waals surface area contributed by atoms with E-state index in [0.717, 1.165) is 18.4 Å². The minimum atomic E-state index is -0.301. The number of hydrogen-bond acceptors (Lipinski definition) is 3. The van der Waals surface area contributed by atoms with E-state index in [2.05, 4.69) is 59.7 Å². The van der Waals surface area contributed by atoms with Crippen LogP contribution in [0.5, 0.6) is 0 Å². The van der Waals surface area contributed by atoms with Gasteiger partial charge >= 0.3 is 5.97 Å². The van der Waals surface area contributed by atoms with Crippen LogP contribution in [0.2, 0.25) is 0 Å². The summed E-state index contributed by atoms with van der Waals surface area (Å²) >= 11 is 0. The predicted molar refractivity (Wildman–Crippen MR) is 103 cm³/mol. The molecule has 2 rings (SSSR count). The second-order valence-corrected chi connectivity index (χ2v) is 8.94. The van der Waals surface area contributed by atoms with Crippen LogP contribution < -0.4 is 0 Å². The fraction of sp³-hybridized carbons (Fsp3) is 0.591.